The van der Waals surface area contributed by atoms with Gasteiger partial charge < -0.3 is 0 Å². The summed E-state index contributed by atoms with van der Waals surface area (Å²) in [5.41, 5.74) is -0.921. The lowest BCUT2D eigenvalue weighted by Gasteiger charge is -2.20. The maximum atomic E-state index is 12.4. The first kappa shape index (κ1) is 18.4. The molecule has 24 heavy (non-hydrogen) atoms. The number of sulfonamides is 2. The quantitative estimate of drug-likeness (QED) is 0.828. The Balaban J connectivity index is 2.45. The van der Waals surface area contributed by atoms with Gasteiger partial charge >= 0.3 is 0 Å². The van der Waals surface area contributed by atoms with Crippen LogP contribution in [0, 0.1) is 18.3 Å². The number of aryl methyl sites for hydroxylation is 1. The molecule has 2 rings (SSSR count). The Kier molecular flexibility index (Phi) is 4.47. The van der Waals surface area contributed by atoms with Crippen molar-refractivity contribution < 1.29 is 21.6 Å². The SMILES string of the molecule is Cc1cc(N2C(=O)CCS2(=O)=O)ccc1S(=O)(=O)NC(C)(C)C#N. The predicted molar refractivity (Wildman–Crippen MR) is 87.1 cm³/mol. The van der Waals surface area contributed by atoms with E-state index in [1.54, 1.807) is 0 Å². The van der Waals surface area contributed by atoms with Gasteiger partial charge in [-0.3, -0.25) is 4.79 Å². The third-order valence-corrected chi connectivity index (χ3v) is 6.94. The van der Waals surface area contributed by atoms with Gasteiger partial charge in [-0.1, -0.05) is 0 Å². The molecule has 1 fully saturated rings. The number of nitrogens with zero attached hydrogens (tertiary/aromatic N) is 2. The smallest absolute Gasteiger partial charge is 0.242 e. The molecule has 1 N–H and O–H groups in total. The molecular formula is C14H17N3O5S2. The summed E-state index contributed by atoms with van der Waals surface area (Å²) in [7, 11) is -7.68. The van der Waals surface area contributed by atoms with E-state index in [2.05, 4.69) is 4.72 Å². The van der Waals surface area contributed by atoms with Crippen molar-refractivity contribution >= 4 is 31.6 Å². The van der Waals surface area contributed by atoms with Crippen LogP contribution in [0.5, 0.6) is 0 Å². The number of carbonyl (C=O) groups is 1. The first-order valence-corrected chi connectivity index (χ1v) is 10.1. The van der Waals surface area contributed by atoms with Gasteiger partial charge in [0.25, 0.3) is 0 Å². The Morgan fingerprint density at radius 2 is 1.96 bits per heavy atom. The number of nitriles is 1. The van der Waals surface area contributed by atoms with Gasteiger partial charge in [0.05, 0.1) is 22.4 Å². The molecule has 10 heteroatoms. The number of anilines is 1. The Morgan fingerprint density at radius 3 is 2.42 bits per heavy atom. The minimum absolute atomic E-state index is 0.0846. The molecule has 1 amide bonds. The topological polar surface area (TPSA) is 124 Å². The standard InChI is InChI=1S/C14H17N3O5S2/c1-10-8-11(17-13(18)6-7-23(17,19)20)4-5-12(10)24(21,22)16-14(2,3)9-15/h4-5,8,16H,6-7H2,1-3H3. The third kappa shape index (κ3) is 3.43. The van der Waals surface area contributed by atoms with E-state index in [0.717, 1.165) is 0 Å². The molecule has 130 valence electrons. The molecule has 1 aromatic rings. The lowest BCUT2D eigenvalue weighted by molar-refractivity contribution is -0.116. The summed E-state index contributed by atoms with van der Waals surface area (Å²) < 4.78 is 51.6. The fourth-order valence-electron chi connectivity index (χ4n) is 2.34. The predicted octanol–water partition coefficient (Wildman–Crippen LogP) is 0.642. The van der Waals surface area contributed by atoms with Gasteiger partial charge in [-0.05, 0) is 44.5 Å². The Hall–Kier alpha value is -1.96. The molecule has 0 aromatic heterocycles. The average Bonchev–Trinajstić information content (AvgIpc) is 2.71. The minimum Gasteiger partial charge on any atom is -0.273 e. The summed E-state index contributed by atoms with van der Waals surface area (Å²) in [5, 5.41) is 8.96. The highest BCUT2D eigenvalue weighted by molar-refractivity contribution is 7.94. The van der Waals surface area contributed by atoms with Gasteiger partial charge in [-0.15, -0.1) is 0 Å². The van der Waals surface area contributed by atoms with Crippen LogP contribution in [0.1, 0.15) is 25.8 Å². The number of nitrogens with one attached hydrogen (secondary N) is 1. The van der Waals surface area contributed by atoms with Gasteiger partial charge in [0.2, 0.25) is 26.0 Å². The van der Waals surface area contributed by atoms with Gasteiger partial charge in [0.15, 0.2) is 0 Å². The third-order valence-electron chi connectivity index (χ3n) is 3.43. The van der Waals surface area contributed by atoms with Crippen LogP contribution < -0.4 is 9.03 Å². The first-order chi connectivity index (χ1) is 10.9. The number of benzene rings is 1. The molecule has 8 nitrogen and oxygen atoms in total. The lowest BCUT2D eigenvalue weighted by Crippen LogP contribution is -2.42. The van der Waals surface area contributed by atoms with E-state index < -0.39 is 31.5 Å². The highest BCUT2D eigenvalue weighted by Gasteiger charge is 2.37. The van der Waals surface area contributed by atoms with Crippen LogP contribution in [0.4, 0.5) is 5.69 Å². The monoisotopic (exact) mass is 371 g/mol. The maximum Gasteiger partial charge on any atom is 0.242 e. The number of amides is 1. The molecule has 0 aliphatic carbocycles. The molecule has 1 aliphatic heterocycles. The van der Waals surface area contributed by atoms with Crippen LogP contribution >= 0.6 is 0 Å². The second kappa shape index (κ2) is 5.84. The molecule has 1 saturated heterocycles. The molecule has 0 spiro atoms. The minimum atomic E-state index is -3.97. The van der Waals surface area contributed by atoms with Crippen molar-refractivity contribution in [3.63, 3.8) is 0 Å². The largest absolute Gasteiger partial charge is 0.273 e. The Bertz CT molecular complexity index is 943. The summed E-state index contributed by atoms with van der Waals surface area (Å²) in [6.07, 6.45) is -0.0979. The molecule has 0 unspecified atom stereocenters. The molecule has 0 saturated carbocycles. The first-order valence-electron chi connectivity index (χ1n) is 7.01. The van der Waals surface area contributed by atoms with Gasteiger partial charge in [0, 0.05) is 6.42 Å². The van der Waals surface area contributed by atoms with Crippen molar-refractivity contribution in [1.29, 1.82) is 5.26 Å². The van der Waals surface area contributed by atoms with E-state index in [1.165, 1.54) is 39.0 Å². The summed E-state index contributed by atoms with van der Waals surface area (Å²) in [6.45, 7) is 4.33. The van der Waals surface area contributed by atoms with Crippen LogP contribution in [-0.2, 0) is 24.8 Å². The number of hydrogen-bond donors (Lipinski definition) is 1. The highest BCUT2D eigenvalue weighted by Crippen LogP contribution is 2.28. The van der Waals surface area contributed by atoms with Crippen molar-refractivity contribution in [2.45, 2.75) is 37.6 Å². The molecular weight excluding hydrogens is 354 g/mol. The molecule has 1 aliphatic rings. The second-order valence-corrected chi connectivity index (χ2v) is 9.60. The van der Waals surface area contributed by atoms with E-state index in [9.17, 15) is 21.6 Å². The fraction of sp³-hybridized carbons (Fsp3) is 0.429. The van der Waals surface area contributed by atoms with Crippen molar-refractivity contribution in [1.82, 2.24) is 4.72 Å². The van der Waals surface area contributed by atoms with E-state index >= 15 is 0 Å². The summed E-state index contributed by atoms with van der Waals surface area (Å²) in [6, 6.07) is 5.65. The van der Waals surface area contributed by atoms with Crippen LogP contribution in [0.25, 0.3) is 0 Å². The normalized spacial score (nSPS) is 17.8. The summed E-state index contributed by atoms with van der Waals surface area (Å²) in [4.78, 5) is 11.7. The molecule has 0 atom stereocenters. The van der Waals surface area contributed by atoms with Crippen LogP contribution in [0.15, 0.2) is 23.1 Å². The Labute approximate surface area is 141 Å². The van der Waals surface area contributed by atoms with E-state index in [4.69, 9.17) is 5.26 Å². The van der Waals surface area contributed by atoms with Gasteiger partial charge in [-0.2, -0.15) is 9.98 Å². The number of carbonyl (C=O) groups excluding carboxylic acids is 1. The van der Waals surface area contributed by atoms with Crippen LogP contribution in [-0.4, -0.2) is 34.0 Å². The van der Waals surface area contributed by atoms with Gasteiger partial charge in [-0.25, -0.2) is 21.1 Å². The van der Waals surface area contributed by atoms with E-state index in [1.807, 2.05) is 6.07 Å². The van der Waals surface area contributed by atoms with Gasteiger partial charge in [0.1, 0.15) is 5.54 Å². The number of rotatable bonds is 4. The molecule has 1 heterocycles. The summed E-state index contributed by atoms with van der Waals surface area (Å²) >= 11 is 0. The second-order valence-electron chi connectivity index (χ2n) is 6.02. The van der Waals surface area contributed by atoms with Crippen molar-refractivity contribution in [3.05, 3.63) is 23.8 Å². The fourth-order valence-corrected chi connectivity index (χ4v) is 5.35. The molecule has 0 radical (unpaired) electrons. The average molecular weight is 371 g/mol. The maximum absolute atomic E-state index is 12.4. The van der Waals surface area contributed by atoms with E-state index in [0.29, 0.717) is 4.31 Å². The zero-order chi connectivity index (χ0) is 18.3. The highest BCUT2D eigenvalue weighted by atomic mass is 32.2. The van der Waals surface area contributed by atoms with Crippen LogP contribution in [0.3, 0.4) is 0 Å². The van der Waals surface area contributed by atoms with Crippen molar-refractivity contribution in [3.8, 4) is 6.07 Å². The lowest BCUT2D eigenvalue weighted by atomic mass is 10.1. The number of hydrogen-bond acceptors (Lipinski definition) is 6. The van der Waals surface area contributed by atoms with Crippen LogP contribution in [0.2, 0.25) is 0 Å². The zero-order valence-corrected chi connectivity index (χ0v) is 15.0. The summed E-state index contributed by atoms with van der Waals surface area (Å²) in [5.74, 6) is -0.809. The van der Waals surface area contributed by atoms with E-state index in [-0.39, 0.29) is 28.3 Å². The Morgan fingerprint density at radius 1 is 1.33 bits per heavy atom. The van der Waals surface area contributed by atoms with Crippen molar-refractivity contribution in [2.24, 2.45) is 0 Å². The molecule has 1 aromatic carbocycles. The molecule has 0 bridgehead atoms. The van der Waals surface area contributed by atoms with Crippen molar-refractivity contribution in [2.75, 3.05) is 10.1 Å². The zero-order valence-electron chi connectivity index (χ0n) is 13.4.